The van der Waals surface area contributed by atoms with Crippen LogP contribution in [0.2, 0.25) is 0 Å². The molecular formula is C20H19N3O2S2. The molecule has 5 nitrogen and oxygen atoms in total. The van der Waals surface area contributed by atoms with E-state index in [-0.39, 0.29) is 0 Å². The molecule has 7 heteroatoms. The number of aromatic nitrogens is 3. The molecule has 0 aliphatic carbocycles. The summed E-state index contributed by atoms with van der Waals surface area (Å²) >= 11 is 0.814. The first-order valence-corrected chi connectivity index (χ1v) is 11.5. The van der Waals surface area contributed by atoms with E-state index in [1.807, 2.05) is 24.3 Å². The molecule has 0 fully saturated rings. The SMILES string of the molecule is CSc1cccc2cc(OCC[S+](C)[O-])c(-c3nc4ncccc4[nH]3)cc12. The molecule has 4 aromatic rings. The topological polar surface area (TPSA) is 73.9 Å². The fourth-order valence-electron chi connectivity index (χ4n) is 3.00. The number of nitrogens with zero attached hydrogens (tertiary/aromatic N) is 2. The van der Waals surface area contributed by atoms with Crippen LogP contribution >= 0.6 is 11.8 Å². The van der Waals surface area contributed by atoms with E-state index in [0.29, 0.717) is 23.8 Å². The molecule has 0 amide bonds. The van der Waals surface area contributed by atoms with Crippen molar-refractivity contribution < 1.29 is 9.29 Å². The predicted molar refractivity (Wildman–Crippen MR) is 113 cm³/mol. The second-order valence-corrected chi connectivity index (χ2v) is 8.52. The summed E-state index contributed by atoms with van der Waals surface area (Å²) in [5, 5.41) is 2.26. The number of imidazole rings is 1. The van der Waals surface area contributed by atoms with Crippen LogP contribution in [0, 0.1) is 0 Å². The predicted octanol–water partition coefficient (Wildman–Crippen LogP) is 4.26. The molecule has 2 aromatic heterocycles. The van der Waals surface area contributed by atoms with Crippen LogP contribution in [0.15, 0.2) is 53.6 Å². The summed E-state index contributed by atoms with van der Waals surface area (Å²) in [5.41, 5.74) is 2.43. The van der Waals surface area contributed by atoms with Crippen LogP contribution < -0.4 is 4.74 Å². The number of ether oxygens (including phenoxy) is 1. The molecule has 0 radical (unpaired) electrons. The van der Waals surface area contributed by atoms with Gasteiger partial charge in [0.05, 0.1) is 17.3 Å². The van der Waals surface area contributed by atoms with Gasteiger partial charge in [0, 0.05) is 11.1 Å². The first kappa shape index (κ1) is 18.2. The summed E-state index contributed by atoms with van der Waals surface area (Å²) in [6.07, 6.45) is 5.48. The Morgan fingerprint density at radius 3 is 2.89 bits per heavy atom. The van der Waals surface area contributed by atoms with Crippen molar-refractivity contribution >= 4 is 44.9 Å². The van der Waals surface area contributed by atoms with Gasteiger partial charge in [0.1, 0.15) is 23.9 Å². The standard InChI is InChI=1S/C20H19N3O2S2/c1-26-18-7-3-5-13-11-17(25-9-10-27(2)24)15(12-14(13)18)19-22-16-6-4-8-21-20(16)23-19/h3-8,11-12H,9-10H2,1-2H3,(H,21,22,23). The smallest absolute Gasteiger partial charge is 0.178 e. The van der Waals surface area contributed by atoms with Gasteiger partial charge in [-0.2, -0.15) is 0 Å². The normalized spacial score (nSPS) is 12.6. The average molecular weight is 398 g/mol. The molecule has 0 aliphatic rings. The van der Waals surface area contributed by atoms with Crippen molar-refractivity contribution in [3.63, 3.8) is 0 Å². The molecule has 27 heavy (non-hydrogen) atoms. The van der Waals surface area contributed by atoms with Gasteiger partial charge in [-0.25, -0.2) is 9.97 Å². The monoisotopic (exact) mass is 397 g/mol. The van der Waals surface area contributed by atoms with Gasteiger partial charge < -0.3 is 14.3 Å². The number of thioether (sulfide) groups is 1. The number of rotatable bonds is 6. The maximum Gasteiger partial charge on any atom is 0.178 e. The van der Waals surface area contributed by atoms with Gasteiger partial charge >= 0.3 is 0 Å². The minimum Gasteiger partial charge on any atom is -0.616 e. The highest BCUT2D eigenvalue weighted by atomic mass is 32.2. The summed E-state index contributed by atoms with van der Waals surface area (Å²) in [5.74, 6) is 1.93. The molecule has 1 N–H and O–H groups in total. The molecule has 0 spiro atoms. The Bertz CT molecular complexity index is 1060. The van der Waals surface area contributed by atoms with Crippen molar-refractivity contribution in [2.75, 3.05) is 24.9 Å². The summed E-state index contributed by atoms with van der Waals surface area (Å²) in [6.45, 7) is 0.391. The van der Waals surface area contributed by atoms with Crippen molar-refractivity contribution in [3.05, 3.63) is 48.7 Å². The number of aromatic amines is 1. The average Bonchev–Trinajstić information content (AvgIpc) is 3.10. The number of fused-ring (bicyclic) bond motifs is 2. The fraction of sp³-hybridized carbons (Fsp3) is 0.200. The second kappa shape index (κ2) is 7.80. The van der Waals surface area contributed by atoms with Gasteiger partial charge in [0.25, 0.3) is 0 Å². The zero-order chi connectivity index (χ0) is 18.8. The summed E-state index contributed by atoms with van der Waals surface area (Å²) in [7, 11) is 0. The molecule has 2 heterocycles. The molecule has 0 saturated carbocycles. The van der Waals surface area contributed by atoms with Gasteiger partial charge in [-0.1, -0.05) is 23.3 Å². The minimum absolute atomic E-state index is 0.391. The zero-order valence-corrected chi connectivity index (χ0v) is 16.7. The molecular weight excluding hydrogens is 378 g/mol. The van der Waals surface area contributed by atoms with E-state index in [2.05, 4.69) is 39.4 Å². The first-order chi connectivity index (χ1) is 13.2. The highest BCUT2D eigenvalue weighted by Crippen LogP contribution is 2.37. The number of pyridine rings is 1. The molecule has 2 aromatic carbocycles. The van der Waals surface area contributed by atoms with Crippen LogP contribution in [0.5, 0.6) is 5.75 Å². The Morgan fingerprint density at radius 2 is 2.11 bits per heavy atom. The van der Waals surface area contributed by atoms with E-state index in [1.165, 1.54) is 4.90 Å². The first-order valence-electron chi connectivity index (χ1n) is 8.50. The second-order valence-electron chi connectivity index (χ2n) is 6.12. The maximum atomic E-state index is 11.4. The highest BCUT2D eigenvalue weighted by Gasteiger charge is 2.15. The van der Waals surface area contributed by atoms with Crippen LogP contribution in [-0.4, -0.2) is 44.4 Å². The lowest BCUT2D eigenvalue weighted by Gasteiger charge is -2.13. The lowest BCUT2D eigenvalue weighted by molar-refractivity contribution is 0.342. The quantitative estimate of drug-likeness (QED) is 0.389. The van der Waals surface area contributed by atoms with Crippen LogP contribution in [-0.2, 0) is 11.2 Å². The van der Waals surface area contributed by atoms with E-state index in [0.717, 1.165) is 27.6 Å². The largest absolute Gasteiger partial charge is 0.616 e. The lowest BCUT2D eigenvalue weighted by Crippen LogP contribution is -2.12. The fourth-order valence-corrected chi connectivity index (χ4v) is 3.93. The van der Waals surface area contributed by atoms with E-state index >= 15 is 0 Å². The van der Waals surface area contributed by atoms with Gasteiger partial charge in [0.2, 0.25) is 0 Å². The van der Waals surface area contributed by atoms with Crippen molar-refractivity contribution in [2.24, 2.45) is 0 Å². The number of hydrogen-bond donors (Lipinski definition) is 1. The Labute approximate surface area is 164 Å². The van der Waals surface area contributed by atoms with Crippen molar-refractivity contribution in [1.82, 2.24) is 15.0 Å². The Balaban J connectivity index is 1.86. The molecule has 4 rings (SSSR count). The third-order valence-corrected chi connectivity index (χ3v) is 5.84. The van der Waals surface area contributed by atoms with E-state index in [1.54, 1.807) is 24.2 Å². The van der Waals surface area contributed by atoms with Gasteiger partial charge in [-0.05, 0) is 47.4 Å². The van der Waals surface area contributed by atoms with Crippen LogP contribution in [0.1, 0.15) is 0 Å². The van der Waals surface area contributed by atoms with Crippen molar-refractivity contribution in [2.45, 2.75) is 4.90 Å². The van der Waals surface area contributed by atoms with Gasteiger partial charge in [0.15, 0.2) is 5.65 Å². The molecule has 1 atom stereocenters. The number of hydrogen-bond acceptors (Lipinski definition) is 5. The third kappa shape index (κ3) is 3.76. The Kier molecular flexibility index (Phi) is 5.24. The molecule has 138 valence electrons. The van der Waals surface area contributed by atoms with Crippen molar-refractivity contribution in [1.29, 1.82) is 0 Å². The lowest BCUT2D eigenvalue weighted by atomic mass is 10.1. The number of H-pyrrole nitrogens is 1. The van der Waals surface area contributed by atoms with Crippen molar-refractivity contribution in [3.8, 4) is 17.1 Å². The minimum atomic E-state index is -0.897. The number of benzene rings is 2. The maximum absolute atomic E-state index is 11.4. The van der Waals surface area contributed by atoms with E-state index in [4.69, 9.17) is 4.74 Å². The van der Waals surface area contributed by atoms with Gasteiger partial charge in [-0.15, -0.1) is 11.8 Å². The van der Waals surface area contributed by atoms with Crippen LogP contribution in [0.4, 0.5) is 0 Å². The summed E-state index contributed by atoms with van der Waals surface area (Å²) in [6, 6.07) is 14.2. The molecule has 0 saturated heterocycles. The van der Waals surface area contributed by atoms with E-state index in [9.17, 15) is 4.55 Å². The van der Waals surface area contributed by atoms with E-state index < -0.39 is 11.2 Å². The number of nitrogens with one attached hydrogen (secondary N) is 1. The van der Waals surface area contributed by atoms with Gasteiger partial charge in [-0.3, -0.25) is 0 Å². The molecule has 0 bridgehead atoms. The Morgan fingerprint density at radius 1 is 1.22 bits per heavy atom. The van der Waals surface area contributed by atoms with Crippen LogP contribution in [0.3, 0.4) is 0 Å². The molecule has 1 unspecified atom stereocenters. The van der Waals surface area contributed by atoms with Crippen LogP contribution in [0.25, 0.3) is 33.3 Å². The highest BCUT2D eigenvalue weighted by molar-refractivity contribution is 7.98. The third-order valence-electron chi connectivity index (χ3n) is 4.30. The molecule has 0 aliphatic heterocycles. The summed E-state index contributed by atoms with van der Waals surface area (Å²) in [4.78, 5) is 13.5. The Hall–Kier alpha value is -2.22. The zero-order valence-electron chi connectivity index (χ0n) is 15.1. The summed E-state index contributed by atoms with van der Waals surface area (Å²) < 4.78 is 17.4.